The topological polar surface area (TPSA) is 85.1 Å². The van der Waals surface area contributed by atoms with Crippen LogP contribution in [0.15, 0.2) is 16.7 Å². The van der Waals surface area contributed by atoms with Gasteiger partial charge in [-0.05, 0) is 35.3 Å². The second-order valence-corrected chi connectivity index (χ2v) is 7.67. The zero-order valence-electron chi connectivity index (χ0n) is 9.40. The summed E-state index contributed by atoms with van der Waals surface area (Å²) in [6.45, 7) is 1.89. The van der Waals surface area contributed by atoms with Crippen molar-refractivity contribution in [2.24, 2.45) is 0 Å². The van der Waals surface area contributed by atoms with Gasteiger partial charge in [0.25, 0.3) is 0 Å². The van der Waals surface area contributed by atoms with Crippen molar-refractivity contribution >= 4 is 37.3 Å². The summed E-state index contributed by atoms with van der Waals surface area (Å²) in [5, 5.41) is 3.18. The number of halogens is 1. The minimum Gasteiger partial charge on any atom is -0.397 e. The van der Waals surface area contributed by atoms with Crippen LogP contribution >= 0.6 is 15.9 Å². The van der Waals surface area contributed by atoms with Crippen molar-refractivity contribution in [3.8, 4) is 0 Å². The van der Waals surface area contributed by atoms with E-state index in [0.29, 0.717) is 17.9 Å². The molecule has 1 aromatic heterocycles. The van der Waals surface area contributed by atoms with Crippen LogP contribution in [0, 0.1) is 0 Å². The maximum atomic E-state index is 11.5. The van der Waals surface area contributed by atoms with E-state index in [4.69, 9.17) is 5.73 Å². The smallest absolute Gasteiger partial charge is 0.152 e. The first-order valence-electron chi connectivity index (χ1n) is 5.19. The normalized spacial score (nSPS) is 26.9. The molecule has 2 rings (SSSR count). The molecule has 1 fully saturated rings. The molecule has 1 aliphatic heterocycles. The number of nitrogens with two attached hydrogens (primary N) is 1. The van der Waals surface area contributed by atoms with E-state index >= 15 is 0 Å². The Hall–Kier alpha value is -0.820. The predicted molar refractivity (Wildman–Crippen MR) is 71.6 cm³/mol. The number of hydrogen-bond acceptors (Lipinski definition) is 5. The molecule has 0 aromatic carbocycles. The average Bonchev–Trinajstić information content (AvgIpc) is 2.46. The first-order valence-corrected chi connectivity index (χ1v) is 7.81. The van der Waals surface area contributed by atoms with Gasteiger partial charge in [0.05, 0.1) is 33.4 Å². The Morgan fingerprint density at radius 3 is 2.82 bits per heavy atom. The molecule has 7 heteroatoms. The standard InChI is InChI=1S/C10H14BrN3O2S/c1-10(2-3-17(15,16)6-10)14-9-8(11)4-7(12)5-13-9/h4-5H,2-3,6,12H2,1H3,(H,13,14). The lowest BCUT2D eigenvalue weighted by atomic mass is 10.0. The molecule has 0 saturated carbocycles. The Kier molecular flexibility index (Phi) is 3.07. The van der Waals surface area contributed by atoms with Crippen LogP contribution in [0.4, 0.5) is 11.5 Å². The van der Waals surface area contributed by atoms with Crippen molar-refractivity contribution in [2.75, 3.05) is 22.6 Å². The van der Waals surface area contributed by atoms with Crippen LogP contribution in [0.2, 0.25) is 0 Å². The Balaban J connectivity index is 2.22. The molecule has 0 bridgehead atoms. The molecule has 0 spiro atoms. The zero-order valence-corrected chi connectivity index (χ0v) is 11.8. The molecule has 3 N–H and O–H groups in total. The minimum atomic E-state index is -2.93. The summed E-state index contributed by atoms with van der Waals surface area (Å²) in [7, 11) is -2.93. The van der Waals surface area contributed by atoms with Gasteiger partial charge in [0.15, 0.2) is 9.84 Å². The van der Waals surface area contributed by atoms with Crippen LogP contribution in [-0.2, 0) is 9.84 Å². The van der Waals surface area contributed by atoms with Crippen LogP contribution in [0.5, 0.6) is 0 Å². The first-order chi connectivity index (χ1) is 7.80. The number of nitrogens with zero attached hydrogens (tertiary/aromatic N) is 1. The molecule has 1 atom stereocenters. The number of pyridine rings is 1. The van der Waals surface area contributed by atoms with Crippen molar-refractivity contribution in [3.63, 3.8) is 0 Å². The van der Waals surface area contributed by atoms with E-state index in [-0.39, 0.29) is 11.5 Å². The van der Waals surface area contributed by atoms with E-state index in [0.717, 1.165) is 4.47 Å². The van der Waals surface area contributed by atoms with Crippen molar-refractivity contribution in [3.05, 3.63) is 16.7 Å². The van der Waals surface area contributed by atoms with Gasteiger partial charge < -0.3 is 11.1 Å². The molecule has 2 heterocycles. The van der Waals surface area contributed by atoms with Gasteiger partial charge in [0.1, 0.15) is 5.82 Å². The molecule has 1 aromatic rings. The Labute approximate surface area is 109 Å². The second kappa shape index (κ2) is 4.13. The number of hydrogen-bond donors (Lipinski definition) is 2. The molecule has 5 nitrogen and oxygen atoms in total. The molecular weight excluding hydrogens is 306 g/mol. The van der Waals surface area contributed by atoms with Gasteiger partial charge in [-0.25, -0.2) is 13.4 Å². The largest absolute Gasteiger partial charge is 0.397 e. The minimum absolute atomic E-state index is 0.137. The summed E-state index contributed by atoms with van der Waals surface area (Å²) in [5.74, 6) is 0.987. The fraction of sp³-hybridized carbons (Fsp3) is 0.500. The lowest BCUT2D eigenvalue weighted by Crippen LogP contribution is -2.36. The summed E-state index contributed by atoms with van der Waals surface area (Å²) >= 11 is 3.35. The number of nitrogens with one attached hydrogen (secondary N) is 1. The lowest BCUT2D eigenvalue weighted by molar-refractivity contribution is 0.571. The molecule has 17 heavy (non-hydrogen) atoms. The summed E-state index contributed by atoms with van der Waals surface area (Å²) in [6, 6.07) is 1.74. The number of sulfone groups is 1. The SMILES string of the molecule is CC1(Nc2ncc(N)cc2Br)CCS(=O)(=O)C1. The number of rotatable bonds is 2. The maximum Gasteiger partial charge on any atom is 0.152 e. The summed E-state index contributed by atoms with van der Waals surface area (Å²) in [6.07, 6.45) is 2.13. The van der Waals surface area contributed by atoms with Crippen molar-refractivity contribution in [2.45, 2.75) is 18.9 Å². The van der Waals surface area contributed by atoms with E-state index in [1.165, 1.54) is 0 Å². The predicted octanol–water partition coefficient (Wildman–Crippen LogP) is 1.42. The number of aromatic nitrogens is 1. The van der Waals surface area contributed by atoms with Gasteiger partial charge in [0.2, 0.25) is 0 Å². The highest BCUT2D eigenvalue weighted by molar-refractivity contribution is 9.10. The lowest BCUT2D eigenvalue weighted by Gasteiger charge is -2.25. The third kappa shape index (κ3) is 2.90. The molecule has 0 amide bonds. The van der Waals surface area contributed by atoms with E-state index in [1.807, 2.05) is 6.92 Å². The fourth-order valence-electron chi connectivity index (χ4n) is 1.94. The van der Waals surface area contributed by atoms with E-state index in [1.54, 1.807) is 12.3 Å². The van der Waals surface area contributed by atoms with Gasteiger partial charge >= 0.3 is 0 Å². The van der Waals surface area contributed by atoms with Crippen molar-refractivity contribution in [1.82, 2.24) is 4.98 Å². The molecule has 1 unspecified atom stereocenters. The number of anilines is 2. The van der Waals surface area contributed by atoms with Crippen LogP contribution < -0.4 is 11.1 Å². The maximum absolute atomic E-state index is 11.5. The molecule has 94 valence electrons. The van der Waals surface area contributed by atoms with Gasteiger partial charge in [-0.15, -0.1) is 0 Å². The quantitative estimate of drug-likeness (QED) is 0.861. The third-order valence-electron chi connectivity index (χ3n) is 2.79. The van der Waals surface area contributed by atoms with Crippen LogP contribution in [0.3, 0.4) is 0 Å². The van der Waals surface area contributed by atoms with Crippen LogP contribution in [0.25, 0.3) is 0 Å². The van der Waals surface area contributed by atoms with Gasteiger partial charge in [0, 0.05) is 0 Å². The highest BCUT2D eigenvalue weighted by Crippen LogP contribution is 2.30. The van der Waals surface area contributed by atoms with Gasteiger partial charge in [-0.2, -0.15) is 0 Å². The van der Waals surface area contributed by atoms with Gasteiger partial charge in [-0.1, -0.05) is 0 Å². The molecular formula is C10H14BrN3O2S. The Morgan fingerprint density at radius 1 is 1.59 bits per heavy atom. The van der Waals surface area contributed by atoms with Crippen LogP contribution in [-0.4, -0.2) is 30.4 Å². The molecule has 1 saturated heterocycles. The van der Waals surface area contributed by atoms with E-state index in [9.17, 15) is 8.42 Å². The molecule has 1 aliphatic rings. The van der Waals surface area contributed by atoms with E-state index < -0.39 is 15.4 Å². The summed E-state index contributed by atoms with van der Waals surface area (Å²) in [5.41, 5.74) is 5.70. The first kappa shape index (κ1) is 12.6. The third-order valence-corrected chi connectivity index (χ3v) is 5.29. The monoisotopic (exact) mass is 319 g/mol. The zero-order chi connectivity index (χ0) is 12.7. The second-order valence-electron chi connectivity index (χ2n) is 4.63. The fourth-order valence-corrected chi connectivity index (χ4v) is 4.50. The average molecular weight is 320 g/mol. The Bertz CT molecular complexity index is 546. The van der Waals surface area contributed by atoms with Crippen molar-refractivity contribution < 1.29 is 8.42 Å². The van der Waals surface area contributed by atoms with Crippen LogP contribution in [0.1, 0.15) is 13.3 Å². The van der Waals surface area contributed by atoms with Gasteiger partial charge in [-0.3, -0.25) is 0 Å². The summed E-state index contributed by atoms with van der Waals surface area (Å²) in [4.78, 5) is 4.16. The Morgan fingerprint density at radius 2 is 2.29 bits per heavy atom. The highest BCUT2D eigenvalue weighted by atomic mass is 79.9. The molecule has 0 aliphatic carbocycles. The molecule has 0 radical (unpaired) electrons. The number of nitrogen functional groups attached to an aromatic ring is 1. The summed E-state index contributed by atoms with van der Waals surface area (Å²) < 4.78 is 23.7. The van der Waals surface area contributed by atoms with Crippen molar-refractivity contribution in [1.29, 1.82) is 0 Å². The highest BCUT2D eigenvalue weighted by Gasteiger charge is 2.38. The van der Waals surface area contributed by atoms with E-state index in [2.05, 4.69) is 26.2 Å².